The first kappa shape index (κ1) is 41.5. The number of nitrogens with one attached hydrogen (secondary N) is 3. The van der Waals surface area contributed by atoms with Crippen LogP contribution in [0.15, 0.2) is 0 Å². The molecule has 0 heterocycles. The molecule has 1 aliphatic carbocycles. The largest absolute Gasteiger partial charge is 0.448 e. The maximum atomic E-state index is 14.1. The molecule has 46 heavy (non-hydrogen) atoms. The zero-order valence-corrected chi connectivity index (χ0v) is 30.9. The molecule has 3 N–H and O–H groups in total. The number of rotatable bonds is 15. The lowest BCUT2D eigenvalue weighted by Gasteiger charge is -2.36. The van der Waals surface area contributed by atoms with E-state index < -0.39 is 59.0 Å². The zero-order valence-electron chi connectivity index (χ0n) is 30.9. The molecular weight excluding hydrogens is 590 g/mol. The lowest BCUT2D eigenvalue weighted by atomic mass is 9.81. The maximum absolute atomic E-state index is 14.1. The molecule has 3 amide bonds. The number of hydrogen-bond acceptors (Lipinski definition) is 8. The average Bonchev–Trinajstić information content (AvgIpc) is 2.85. The molecule has 0 aromatic carbocycles. The van der Waals surface area contributed by atoms with Gasteiger partial charge in [0.25, 0.3) is 5.91 Å². The summed E-state index contributed by atoms with van der Waals surface area (Å²) in [7, 11) is 0. The Balaban J connectivity index is 3.47. The van der Waals surface area contributed by atoms with Crippen molar-refractivity contribution in [3.05, 3.63) is 0 Å². The van der Waals surface area contributed by atoms with Crippen LogP contribution in [0, 0.1) is 11.3 Å². The summed E-state index contributed by atoms with van der Waals surface area (Å²) >= 11 is 0. The van der Waals surface area contributed by atoms with E-state index in [9.17, 15) is 19.2 Å². The summed E-state index contributed by atoms with van der Waals surface area (Å²) in [4.78, 5) is 53.9. The molecule has 0 bridgehead atoms. The number of unbranched alkanes of at least 4 members (excludes halogenated alkanes) is 1. The summed E-state index contributed by atoms with van der Waals surface area (Å²) in [6.07, 6.45) is 4.73. The van der Waals surface area contributed by atoms with E-state index in [2.05, 4.69) is 36.7 Å². The van der Waals surface area contributed by atoms with Gasteiger partial charge in [0, 0.05) is 12.1 Å². The van der Waals surface area contributed by atoms with Crippen molar-refractivity contribution in [3.63, 3.8) is 0 Å². The second-order valence-corrected chi connectivity index (χ2v) is 16.6. The minimum Gasteiger partial charge on any atom is -0.448 e. The molecule has 0 aromatic rings. The van der Waals surface area contributed by atoms with Gasteiger partial charge in [0.05, 0.1) is 6.61 Å². The molecule has 0 aliphatic heterocycles. The van der Waals surface area contributed by atoms with Crippen molar-refractivity contribution in [1.29, 1.82) is 0 Å². The van der Waals surface area contributed by atoms with Gasteiger partial charge in [0.1, 0.15) is 23.3 Å². The molecule has 0 radical (unpaired) electrons. The van der Waals surface area contributed by atoms with Crippen LogP contribution in [-0.4, -0.2) is 72.2 Å². The van der Waals surface area contributed by atoms with E-state index in [0.717, 1.165) is 44.9 Å². The third kappa shape index (κ3) is 18.6. The Morgan fingerprint density at radius 2 is 1.33 bits per heavy atom. The average molecular weight is 656 g/mol. The Kier molecular flexibility index (Phi) is 16.3. The zero-order chi connectivity index (χ0) is 35.3. The van der Waals surface area contributed by atoms with E-state index in [1.54, 1.807) is 41.5 Å². The number of hydrogen-bond donors (Lipinski definition) is 3. The number of amides is 3. The summed E-state index contributed by atoms with van der Waals surface area (Å²) in [6, 6.07) is -2.13. The molecular formula is C35H65N3O8. The second kappa shape index (κ2) is 18.1. The lowest BCUT2D eigenvalue weighted by molar-refractivity contribution is -0.162. The van der Waals surface area contributed by atoms with E-state index in [4.69, 9.17) is 18.9 Å². The van der Waals surface area contributed by atoms with Gasteiger partial charge in [-0.2, -0.15) is 0 Å². The fourth-order valence-electron chi connectivity index (χ4n) is 5.84. The van der Waals surface area contributed by atoms with Crippen LogP contribution in [0.4, 0.5) is 9.59 Å². The van der Waals surface area contributed by atoms with Crippen LogP contribution in [0.25, 0.3) is 0 Å². The van der Waals surface area contributed by atoms with Gasteiger partial charge in [-0.05, 0) is 86.0 Å². The Hall–Kier alpha value is -2.56. The molecule has 268 valence electrons. The van der Waals surface area contributed by atoms with Crippen LogP contribution >= 0.6 is 0 Å². The van der Waals surface area contributed by atoms with Gasteiger partial charge in [-0.25, -0.2) is 14.4 Å². The summed E-state index contributed by atoms with van der Waals surface area (Å²) in [6.45, 7) is 22.8. The Labute approximate surface area is 278 Å². The predicted molar refractivity (Wildman–Crippen MR) is 179 cm³/mol. The molecule has 11 heteroatoms. The first-order valence-corrected chi connectivity index (χ1v) is 17.1. The van der Waals surface area contributed by atoms with Gasteiger partial charge < -0.3 is 34.9 Å². The molecule has 3 atom stereocenters. The van der Waals surface area contributed by atoms with Crippen molar-refractivity contribution in [3.8, 4) is 0 Å². The fourth-order valence-corrected chi connectivity index (χ4v) is 5.84. The highest BCUT2D eigenvalue weighted by Gasteiger charge is 2.40. The van der Waals surface area contributed by atoms with E-state index in [1.165, 1.54) is 0 Å². The molecule has 1 unspecified atom stereocenters. The topological polar surface area (TPSA) is 141 Å². The standard InChI is InChI=1S/C35H65N3O8/c1-13-14-20-43-22-26(37-31(42)46-34(8,9)10)27(28(39)38-35(11,12)23-32(2,3)4)44-29(40)25(21-24-18-16-15-17-19-24)36-30(41)45-33(5,6)7/h24-27H,13-23H2,1-12H3,(H,36,41)(H,37,42)(H,38,39)/t25-,26-,27?/m0/s1. The van der Waals surface area contributed by atoms with Crippen molar-refractivity contribution in [1.82, 2.24) is 16.0 Å². The van der Waals surface area contributed by atoms with Gasteiger partial charge in [-0.15, -0.1) is 0 Å². The van der Waals surface area contributed by atoms with Crippen molar-refractivity contribution in [2.75, 3.05) is 13.2 Å². The molecule has 0 aromatic heterocycles. The van der Waals surface area contributed by atoms with Gasteiger partial charge in [-0.1, -0.05) is 66.2 Å². The SMILES string of the molecule is CCCCOC[C@H](NC(=O)OC(C)(C)C)C(OC(=O)[C@H](CC1CCCCC1)NC(=O)OC(C)(C)C)C(=O)NC(C)(C)CC(C)(C)C. The first-order valence-electron chi connectivity index (χ1n) is 17.1. The third-order valence-corrected chi connectivity index (χ3v) is 7.21. The molecule has 0 spiro atoms. The van der Waals surface area contributed by atoms with Crippen molar-refractivity contribution >= 4 is 24.1 Å². The highest BCUT2D eigenvalue weighted by atomic mass is 16.6. The highest BCUT2D eigenvalue weighted by Crippen LogP contribution is 2.29. The van der Waals surface area contributed by atoms with Crippen LogP contribution < -0.4 is 16.0 Å². The van der Waals surface area contributed by atoms with Crippen molar-refractivity contribution in [2.45, 2.75) is 176 Å². The number of carbonyl (C=O) groups is 4. The smallest absolute Gasteiger partial charge is 0.408 e. The molecule has 1 saturated carbocycles. The minimum atomic E-state index is -1.48. The quantitative estimate of drug-likeness (QED) is 0.0994. The number of alkyl carbamates (subject to hydrolysis) is 2. The highest BCUT2D eigenvalue weighted by molar-refractivity contribution is 5.88. The molecule has 1 aliphatic rings. The lowest BCUT2D eigenvalue weighted by Crippen LogP contribution is -2.59. The Morgan fingerprint density at radius 1 is 0.783 bits per heavy atom. The van der Waals surface area contributed by atoms with Gasteiger partial charge >= 0.3 is 18.2 Å². The molecule has 11 nitrogen and oxygen atoms in total. The van der Waals surface area contributed by atoms with Crippen LogP contribution in [0.5, 0.6) is 0 Å². The predicted octanol–water partition coefficient (Wildman–Crippen LogP) is 6.80. The van der Waals surface area contributed by atoms with Crippen molar-refractivity contribution in [2.24, 2.45) is 11.3 Å². The van der Waals surface area contributed by atoms with Gasteiger partial charge in [0.2, 0.25) is 6.10 Å². The van der Waals surface area contributed by atoms with Crippen LogP contribution in [-0.2, 0) is 28.5 Å². The van der Waals surface area contributed by atoms with E-state index >= 15 is 0 Å². The molecule has 0 saturated heterocycles. The number of ether oxygens (including phenoxy) is 4. The summed E-state index contributed by atoms with van der Waals surface area (Å²) < 4.78 is 22.8. The first-order chi connectivity index (χ1) is 21.0. The minimum absolute atomic E-state index is 0.100. The Morgan fingerprint density at radius 3 is 1.83 bits per heavy atom. The monoisotopic (exact) mass is 655 g/mol. The van der Waals surface area contributed by atoms with Gasteiger partial charge in [0.15, 0.2) is 0 Å². The summed E-state index contributed by atoms with van der Waals surface area (Å²) in [5, 5.41) is 8.47. The third-order valence-electron chi connectivity index (χ3n) is 7.21. The summed E-state index contributed by atoms with van der Waals surface area (Å²) in [5.74, 6) is -1.17. The summed E-state index contributed by atoms with van der Waals surface area (Å²) in [5.41, 5.74) is -2.36. The molecule has 1 rings (SSSR count). The normalized spacial score (nSPS) is 16.9. The van der Waals surface area contributed by atoms with E-state index in [-0.39, 0.29) is 17.9 Å². The van der Waals surface area contributed by atoms with Gasteiger partial charge in [-0.3, -0.25) is 4.79 Å². The van der Waals surface area contributed by atoms with E-state index in [1.807, 2.05) is 20.8 Å². The number of esters is 1. The van der Waals surface area contributed by atoms with Crippen LogP contribution in [0.2, 0.25) is 0 Å². The van der Waals surface area contributed by atoms with E-state index in [0.29, 0.717) is 19.4 Å². The fraction of sp³-hybridized carbons (Fsp3) is 0.886. The number of carbonyl (C=O) groups excluding carboxylic acids is 4. The molecule has 1 fully saturated rings. The Bertz CT molecular complexity index is 972. The van der Waals surface area contributed by atoms with Crippen molar-refractivity contribution < 1.29 is 38.1 Å². The van der Waals surface area contributed by atoms with Crippen LogP contribution in [0.1, 0.15) is 141 Å². The maximum Gasteiger partial charge on any atom is 0.408 e. The van der Waals surface area contributed by atoms with Crippen LogP contribution in [0.3, 0.4) is 0 Å². The second-order valence-electron chi connectivity index (χ2n) is 16.6.